The van der Waals surface area contributed by atoms with Crippen molar-refractivity contribution in [3.63, 3.8) is 0 Å². The van der Waals surface area contributed by atoms with Crippen LogP contribution >= 0.6 is 0 Å². The van der Waals surface area contributed by atoms with Crippen molar-refractivity contribution in [2.24, 2.45) is 17.3 Å². The van der Waals surface area contributed by atoms with Crippen LogP contribution in [-0.2, 0) is 0 Å². The molecule has 0 aromatic carbocycles. The SMILES string of the molecule is CC1(O)CC2[C@@H](CC1O)C2(C)C. The second kappa shape index (κ2) is 2.05. The first-order valence-electron chi connectivity index (χ1n) is 4.76. The summed E-state index contributed by atoms with van der Waals surface area (Å²) < 4.78 is 0. The highest BCUT2D eigenvalue weighted by atomic mass is 16.3. The molecule has 0 spiro atoms. The van der Waals surface area contributed by atoms with Crippen LogP contribution in [0, 0.1) is 17.3 Å². The monoisotopic (exact) mass is 170 g/mol. The van der Waals surface area contributed by atoms with E-state index < -0.39 is 11.7 Å². The maximum absolute atomic E-state index is 9.82. The van der Waals surface area contributed by atoms with Gasteiger partial charge >= 0.3 is 0 Å². The van der Waals surface area contributed by atoms with E-state index >= 15 is 0 Å². The largest absolute Gasteiger partial charge is 0.390 e. The Kier molecular flexibility index (Phi) is 1.45. The van der Waals surface area contributed by atoms with Crippen LogP contribution < -0.4 is 0 Å². The predicted octanol–water partition coefficient (Wildman–Crippen LogP) is 1.16. The van der Waals surface area contributed by atoms with Gasteiger partial charge in [0.2, 0.25) is 0 Å². The van der Waals surface area contributed by atoms with E-state index in [1.165, 1.54) is 0 Å². The molecule has 2 heteroatoms. The number of aliphatic hydroxyl groups excluding tert-OH is 1. The first kappa shape index (κ1) is 8.52. The van der Waals surface area contributed by atoms with Crippen LogP contribution in [0.1, 0.15) is 33.6 Å². The summed E-state index contributed by atoms with van der Waals surface area (Å²) in [6.45, 7) is 6.22. The number of hydrogen-bond acceptors (Lipinski definition) is 2. The van der Waals surface area contributed by atoms with Gasteiger partial charge in [0.25, 0.3) is 0 Å². The lowest BCUT2D eigenvalue weighted by Crippen LogP contribution is -2.42. The Balaban J connectivity index is 2.14. The second-order valence-corrected chi connectivity index (χ2v) is 5.35. The lowest BCUT2D eigenvalue weighted by atomic mass is 9.84. The highest BCUT2D eigenvalue weighted by Crippen LogP contribution is 2.66. The quantitative estimate of drug-likeness (QED) is 0.573. The summed E-state index contributed by atoms with van der Waals surface area (Å²) in [5, 5.41) is 19.4. The molecule has 12 heavy (non-hydrogen) atoms. The van der Waals surface area contributed by atoms with Gasteiger partial charge in [-0.1, -0.05) is 13.8 Å². The summed E-state index contributed by atoms with van der Waals surface area (Å²) in [5.74, 6) is 1.28. The van der Waals surface area contributed by atoms with E-state index in [1.807, 2.05) is 0 Å². The molecule has 0 heterocycles. The molecular weight excluding hydrogens is 152 g/mol. The number of fused-ring (bicyclic) bond motifs is 1. The van der Waals surface area contributed by atoms with Crippen molar-refractivity contribution in [1.82, 2.24) is 0 Å². The van der Waals surface area contributed by atoms with E-state index in [0.29, 0.717) is 17.3 Å². The zero-order valence-electron chi connectivity index (χ0n) is 8.04. The van der Waals surface area contributed by atoms with E-state index in [2.05, 4.69) is 13.8 Å². The molecule has 2 nitrogen and oxygen atoms in total. The molecule has 3 unspecified atom stereocenters. The molecule has 2 fully saturated rings. The van der Waals surface area contributed by atoms with Gasteiger partial charge in [0, 0.05) is 0 Å². The molecule has 4 atom stereocenters. The lowest BCUT2D eigenvalue weighted by Gasteiger charge is -2.32. The molecule has 0 aromatic heterocycles. The van der Waals surface area contributed by atoms with Gasteiger partial charge in [0.1, 0.15) is 0 Å². The average Bonchev–Trinajstić information content (AvgIpc) is 2.37. The maximum atomic E-state index is 9.82. The van der Waals surface area contributed by atoms with Gasteiger partial charge in [-0.25, -0.2) is 0 Å². The Labute approximate surface area is 73.6 Å². The Morgan fingerprint density at radius 3 is 2.25 bits per heavy atom. The molecule has 2 N–H and O–H groups in total. The van der Waals surface area contributed by atoms with Crippen molar-refractivity contribution in [1.29, 1.82) is 0 Å². The van der Waals surface area contributed by atoms with Crippen LogP contribution in [0.5, 0.6) is 0 Å². The molecule has 70 valence electrons. The number of rotatable bonds is 0. The van der Waals surface area contributed by atoms with Gasteiger partial charge in [-0.3, -0.25) is 0 Å². The molecule has 2 rings (SSSR count). The minimum absolute atomic E-state index is 0.363. The molecule has 0 aliphatic heterocycles. The predicted molar refractivity (Wildman–Crippen MR) is 46.6 cm³/mol. The number of aliphatic hydroxyl groups is 2. The summed E-state index contributed by atoms with van der Waals surface area (Å²) in [5.41, 5.74) is -0.476. The van der Waals surface area contributed by atoms with Gasteiger partial charge in [-0.15, -0.1) is 0 Å². The van der Waals surface area contributed by atoms with Crippen LogP contribution in [0.3, 0.4) is 0 Å². The Morgan fingerprint density at radius 1 is 1.17 bits per heavy atom. The van der Waals surface area contributed by atoms with E-state index in [1.54, 1.807) is 6.92 Å². The topological polar surface area (TPSA) is 40.5 Å². The fraction of sp³-hybridized carbons (Fsp3) is 1.00. The van der Waals surface area contributed by atoms with Crippen molar-refractivity contribution in [3.8, 4) is 0 Å². The van der Waals surface area contributed by atoms with Crippen molar-refractivity contribution in [2.45, 2.75) is 45.3 Å². The van der Waals surface area contributed by atoms with Crippen LogP contribution in [0.25, 0.3) is 0 Å². The maximum Gasteiger partial charge on any atom is 0.0880 e. The van der Waals surface area contributed by atoms with Gasteiger partial charge in [-0.05, 0) is 37.0 Å². The summed E-state index contributed by atoms with van der Waals surface area (Å²) in [4.78, 5) is 0. The molecule has 0 saturated heterocycles. The van der Waals surface area contributed by atoms with Crippen LogP contribution in [0.4, 0.5) is 0 Å². The zero-order valence-corrected chi connectivity index (χ0v) is 8.04. The van der Waals surface area contributed by atoms with Crippen molar-refractivity contribution >= 4 is 0 Å². The van der Waals surface area contributed by atoms with Crippen LogP contribution in [-0.4, -0.2) is 21.9 Å². The van der Waals surface area contributed by atoms with Crippen LogP contribution in [0.2, 0.25) is 0 Å². The minimum atomic E-state index is -0.838. The fourth-order valence-electron chi connectivity index (χ4n) is 2.81. The Morgan fingerprint density at radius 2 is 1.75 bits per heavy atom. The standard InChI is InChI=1S/C10H18O2/c1-9(2)6-4-8(11)10(3,12)5-7(6)9/h6-8,11-12H,4-5H2,1-3H3/t6-,7?,8?,10?/m1/s1. The van der Waals surface area contributed by atoms with Crippen molar-refractivity contribution < 1.29 is 10.2 Å². The van der Waals surface area contributed by atoms with Crippen LogP contribution in [0.15, 0.2) is 0 Å². The van der Waals surface area contributed by atoms with Crippen molar-refractivity contribution in [3.05, 3.63) is 0 Å². The van der Waals surface area contributed by atoms with Gasteiger partial charge in [0.15, 0.2) is 0 Å². The fourth-order valence-corrected chi connectivity index (χ4v) is 2.81. The third kappa shape index (κ3) is 0.944. The highest BCUT2D eigenvalue weighted by molar-refractivity contribution is 5.12. The lowest BCUT2D eigenvalue weighted by molar-refractivity contribution is -0.0892. The van der Waals surface area contributed by atoms with E-state index in [9.17, 15) is 10.2 Å². The summed E-state index contributed by atoms with van der Waals surface area (Å²) in [6, 6.07) is 0. The number of hydrogen-bond donors (Lipinski definition) is 2. The molecule has 2 saturated carbocycles. The summed E-state index contributed by atoms with van der Waals surface area (Å²) >= 11 is 0. The first-order chi connectivity index (χ1) is 5.36. The normalized spacial score (nSPS) is 56.2. The Bertz CT molecular complexity index is 208. The zero-order chi connectivity index (χ0) is 9.15. The second-order valence-electron chi connectivity index (χ2n) is 5.35. The van der Waals surface area contributed by atoms with Gasteiger partial charge in [0.05, 0.1) is 11.7 Å². The highest BCUT2D eigenvalue weighted by Gasteiger charge is 2.63. The van der Waals surface area contributed by atoms with E-state index in [0.717, 1.165) is 12.8 Å². The molecule has 0 aromatic rings. The smallest absolute Gasteiger partial charge is 0.0880 e. The van der Waals surface area contributed by atoms with E-state index in [4.69, 9.17) is 0 Å². The third-order valence-corrected chi connectivity index (χ3v) is 4.12. The van der Waals surface area contributed by atoms with E-state index in [-0.39, 0.29) is 0 Å². The molecular formula is C10H18O2. The first-order valence-corrected chi connectivity index (χ1v) is 4.76. The Hall–Kier alpha value is -0.0800. The molecule has 2 aliphatic carbocycles. The van der Waals surface area contributed by atoms with Gasteiger partial charge < -0.3 is 10.2 Å². The summed E-state index contributed by atoms with van der Waals surface area (Å²) in [6.07, 6.45) is 1.04. The average molecular weight is 170 g/mol. The minimum Gasteiger partial charge on any atom is -0.390 e. The summed E-state index contributed by atoms with van der Waals surface area (Å²) in [7, 11) is 0. The molecule has 0 radical (unpaired) electrons. The molecule has 0 amide bonds. The third-order valence-electron chi connectivity index (χ3n) is 4.12. The molecule has 0 bridgehead atoms. The van der Waals surface area contributed by atoms with Crippen molar-refractivity contribution in [2.75, 3.05) is 0 Å². The van der Waals surface area contributed by atoms with Gasteiger partial charge in [-0.2, -0.15) is 0 Å². The molecule has 2 aliphatic rings.